The summed E-state index contributed by atoms with van der Waals surface area (Å²) in [5.74, 6) is 0.576. The molecule has 4 rings (SSSR count). The lowest BCUT2D eigenvalue weighted by Gasteiger charge is -2.43. The molecule has 2 aliphatic heterocycles. The maximum Gasteiger partial charge on any atom is 0.243 e. The van der Waals surface area contributed by atoms with Crippen LogP contribution < -0.4 is 5.32 Å². The van der Waals surface area contributed by atoms with E-state index in [4.69, 9.17) is 0 Å². The van der Waals surface area contributed by atoms with Gasteiger partial charge in [0.15, 0.2) is 0 Å². The summed E-state index contributed by atoms with van der Waals surface area (Å²) in [6, 6.07) is 5.88. The Bertz CT molecular complexity index is 684. The van der Waals surface area contributed by atoms with Gasteiger partial charge in [-0.05, 0) is 68.2 Å². The van der Waals surface area contributed by atoms with Crippen LogP contribution in [-0.4, -0.2) is 31.9 Å². The van der Waals surface area contributed by atoms with Crippen molar-refractivity contribution in [2.75, 3.05) is 18.4 Å². The first kappa shape index (κ1) is 15.5. The van der Waals surface area contributed by atoms with Gasteiger partial charge in [0.25, 0.3) is 0 Å². The molecular weight excluding hydrogens is 308 g/mol. The smallest absolute Gasteiger partial charge is 0.243 e. The number of fused-ring (bicyclic) bond motifs is 2. The van der Waals surface area contributed by atoms with E-state index in [1.807, 2.05) is 16.4 Å². The molecule has 2 atom stereocenters. The van der Waals surface area contributed by atoms with Crippen LogP contribution >= 0.6 is 0 Å². The molecule has 0 amide bonds. The Labute approximate surface area is 139 Å². The number of nitrogens with one attached hydrogen (secondary N) is 1. The largest absolute Gasteiger partial charge is 0.385 e. The quantitative estimate of drug-likeness (QED) is 0.902. The lowest BCUT2D eigenvalue weighted by atomic mass is 9.79. The van der Waals surface area contributed by atoms with Crippen LogP contribution in [0.3, 0.4) is 0 Å². The summed E-state index contributed by atoms with van der Waals surface area (Å²) in [5, 5.41) is 3.36. The monoisotopic (exact) mass is 334 g/mol. The first-order chi connectivity index (χ1) is 11.2. The minimum Gasteiger partial charge on any atom is -0.385 e. The zero-order chi connectivity index (χ0) is 15.9. The van der Waals surface area contributed by atoms with E-state index in [1.165, 1.54) is 25.7 Å². The lowest BCUT2D eigenvalue weighted by Crippen LogP contribution is -2.49. The highest BCUT2D eigenvalue weighted by molar-refractivity contribution is 7.89. The fraction of sp³-hybridized carbons (Fsp3) is 0.667. The van der Waals surface area contributed by atoms with Crippen molar-refractivity contribution in [1.29, 1.82) is 0 Å². The second kappa shape index (κ2) is 6.10. The Morgan fingerprint density at radius 1 is 1.04 bits per heavy atom. The number of anilines is 1. The Kier molecular flexibility index (Phi) is 4.10. The molecule has 0 unspecified atom stereocenters. The molecule has 1 aliphatic carbocycles. The van der Waals surface area contributed by atoms with Gasteiger partial charge in [0.05, 0.1) is 4.90 Å². The van der Waals surface area contributed by atoms with Crippen molar-refractivity contribution >= 4 is 15.7 Å². The van der Waals surface area contributed by atoms with Crippen molar-refractivity contribution in [2.24, 2.45) is 5.92 Å². The van der Waals surface area contributed by atoms with Gasteiger partial charge in [0.1, 0.15) is 0 Å². The molecule has 2 fully saturated rings. The molecule has 1 saturated carbocycles. The van der Waals surface area contributed by atoms with E-state index >= 15 is 0 Å². The molecule has 3 aliphatic rings. The lowest BCUT2D eigenvalue weighted by molar-refractivity contribution is 0.129. The summed E-state index contributed by atoms with van der Waals surface area (Å²) in [6.45, 7) is 1.67. The molecule has 1 saturated heterocycles. The van der Waals surface area contributed by atoms with E-state index in [9.17, 15) is 8.42 Å². The molecule has 0 spiro atoms. The molecule has 1 aromatic carbocycles. The minimum atomic E-state index is -3.36. The summed E-state index contributed by atoms with van der Waals surface area (Å²) >= 11 is 0. The van der Waals surface area contributed by atoms with Crippen molar-refractivity contribution < 1.29 is 8.42 Å². The Morgan fingerprint density at radius 3 is 2.78 bits per heavy atom. The summed E-state index contributed by atoms with van der Waals surface area (Å²) in [6.07, 6.45) is 8.92. The first-order valence-corrected chi connectivity index (χ1v) is 10.5. The molecular formula is C18H26N2O2S. The zero-order valence-electron chi connectivity index (χ0n) is 13.6. The third-order valence-corrected chi connectivity index (χ3v) is 7.73. The SMILES string of the molecule is O=S(=O)(c1ccc2c(c1)CCCN2)N1CCC[C@H]2CCCC[C@@H]21. The highest BCUT2D eigenvalue weighted by Gasteiger charge is 2.40. The van der Waals surface area contributed by atoms with Gasteiger partial charge in [0.2, 0.25) is 10.0 Å². The third kappa shape index (κ3) is 2.78. The van der Waals surface area contributed by atoms with Gasteiger partial charge < -0.3 is 5.32 Å². The Hall–Kier alpha value is -1.07. The van der Waals surface area contributed by atoms with E-state index in [1.54, 1.807) is 6.07 Å². The topological polar surface area (TPSA) is 49.4 Å². The first-order valence-electron chi connectivity index (χ1n) is 9.05. The van der Waals surface area contributed by atoms with Gasteiger partial charge in [-0.15, -0.1) is 0 Å². The van der Waals surface area contributed by atoms with Gasteiger partial charge in [-0.3, -0.25) is 0 Å². The Balaban J connectivity index is 1.66. The van der Waals surface area contributed by atoms with Crippen LogP contribution in [0.4, 0.5) is 5.69 Å². The molecule has 23 heavy (non-hydrogen) atoms. The van der Waals surface area contributed by atoms with Crippen LogP contribution in [0.2, 0.25) is 0 Å². The number of aryl methyl sites for hydroxylation is 1. The summed E-state index contributed by atoms with van der Waals surface area (Å²) in [5.41, 5.74) is 2.25. The van der Waals surface area contributed by atoms with E-state index in [0.29, 0.717) is 17.4 Å². The number of rotatable bonds is 2. The molecule has 2 heterocycles. The average molecular weight is 334 g/mol. The van der Waals surface area contributed by atoms with Crippen LogP contribution in [0.5, 0.6) is 0 Å². The second-order valence-corrected chi connectivity index (χ2v) is 9.11. The normalized spacial score (nSPS) is 28.5. The molecule has 1 N–H and O–H groups in total. The van der Waals surface area contributed by atoms with Crippen molar-refractivity contribution in [3.05, 3.63) is 23.8 Å². The van der Waals surface area contributed by atoms with Crippen LogP contribution in [0.1, 0.15) is 50.5 Å². The molecule has 4 nitrogen and oxygen atoms in total. The summed E-state index contributed by atoms with van der Waals surface area (Å²) in [7, 11) is -3.36. The van der Waals surface area contributed by atoms with E-state index in [2.05, 4.69) is 5.32 Å². The summed E-state index contributed by atoms with van der Waals surface area (Å²) < 4.78 is 28.3. The summed E-state index contributed by atoms with van der Waals surface area (Å²) in [4.78, 5) is 0.492. The van der Waals surface area contributed by atoms with Crippen LogP contribution in [0, 0.1) is 5.92 Å². The van der Waals surface area contributed by atoms with Crippen molar-refractivity contribution in [2.45, 2.75) is 62.3 Å². The highest BCUT2D eigenvalue weighted by Crippen LogP contribution is 2.38. The Morgan fingerprint density at radius 2 is 1.87 bits per heavy atom. The van der Waals surface area contributed by atoms with Crippen LogP contribution in [0.25, 0.3) is 0 Å². The van der Waals surface area contributed by atoms with Crippen molar-refractivity contribution in [3.63, 3.8) is 0 Å². The minimum absolute atomic E-state index is 0.233. The molecule has 5 heteroatoms. The fourth-order valence-electron chi connectivity index (χ4n) is 4.62. The van der Waals surface area contributed by atoms with Crippen molar-refractivity contribution in [3.8, 4) is 0 Å². The number of piperidine rings is 1. The average Bonchev–Trinajstić information content (AvgIpc) is 2.60. The zero-order valence-corrected chi connectivity index (χ0v) is 14.4. The van der Waals surface area contributed by atoms with Gasteiger partial charge in [-0.25, -0.2) is 8.42 Å². The standard InChI is InChI=1S/C18H26N2O2S/c21-23(22,16-9-10-17-15(13-16)6-3-11-19-17)20-12-4-7-14-5-1-2-8-18(14)20/h9-10,13-14,18-19H,1-8,11-12H2/t14-,18+/m1/s1. The van der Waals surface area contributed by atoms with Gasteiger partial charge in [-0.1, -0.05) is 12.8 Å². The maximum absolute atomic E-state index is 13.2. The molecule has 0 radical (unpaired) electrons. The molecule has 126 valence electrons. The predicted molar refractivity (Wildman–Crippen MR) is 92.1 cm³/mol. The molecule has 1 aromatic rings. The van der Waals surface area contributed by atoms with E-state index in [0.717, 1.165) is 43.5 Å². The van der Waals surface area contributed by atoms with E-state index < -0.39 is 10.0 Å². The number of hydrogen-bond donors (Lipinski definition) is 1. The fourth-order valence-corrected chi connectivity index (χ4v) is 6.43. The number of sulfonamides is 1. The van der Waals surface area contributed by atoms with Crippen LogP contribution in [-0.2, 0) is 16.4 Å². The van der Waals surface area contributed by atoms with Gasteiger partial charge in [-0.2, -0.15) is 4.31 Å². The number of nitrogens with zero attached hydrogens (tertiary/aromatic N) is 1. The maximum atomic E-state index is 13.2. The second-order valence-electron chi connectivity index (χ2n) is 7.22. The van der Waals surface area contributed by atoms with Crippen LogP contribution in [0.15, 0.2) is 23.1 Å². The molecule has 0 bridgehead atoms. The highest BCUT2D eigenvalue weighted by atomic mass is 32.2. The predicted octanol–water partition coefficient (Wildman–Crippen LogP) is 3.39. The van der Waals surface area contributed by atoms with Gasteiger partial charge in [0, 0.05) is 24.8 Å². The molecule has 0 aromatic heterocycles. The number of hydrogen-bond acceptors (Lipinski definition) is 3. The third-order valence-electron chi connectivity index (χ3n) is 5.81. The van der Waals surface area contributed by atoms with E-state index in [-0.39, 0.29) is 6.04 Å². The van der Waals surface area contributed by atoms with Gasteiger partial charge >= 0.3 is 0 Å². The number of benzene rings is 1. The van der Waals surface area contributed by atoms with Crippen molar-refractivity contribution in [1.82, 2.24) is 4.31 Å².